The molecule has 1 N–H and O–H groups in total. The lowest BCUT2D eigenvalue weighted by atomic mass is 10.2. The Kier molecular flexibility index (Phi) is 10.3. The van der Waals surface area contributed by atoms with E-state index in [0.717, 1.165) is 32.3 Å². The Bertz CT molecular complexity index is 126. The van der Waals surface area contributed by atoms with Gasteiger partial charge in [-0.15, -0.1) is 0 Å². The van der Waals surface area contributed by atoms with E-state index in [1.165, 1.54) is 0 Å². The van der Waals surface area contributed by atoms with Crippen molar-refractivity contribution in [2.24, 2.45) is 0 Å². The van der Waals surface area contributed by atoms with Crippen LogP contribution in [0.25, 0.3) is 0 Å². The van der Waals surface area contributed by atoms with Gasteiger partial charge >= 0.3 is 0 Å². The predicted molar refractivity (Wildman–Crippen MR) is 62.1 cm³/mol. The summed E-state index contributed by atoms with van der Waals surface area (Å²) in [6.07, 6.45) is 3.73. The molecule has 0 amide bonds. The molecule has 0 aliphatic carbocycles. The number of hydrogen-bond acceptors (Lipinski definition) is 3. The van der Waals surface area contributed by atoms with E-state index >= 15 is 0 Å². The Balaban J connectivity index is 3.54. The molecule has 15 heavy (non-hydrogen) atoms. The fourth-order valence-corrected chi connectivity index (χ4v) is 1.15. The molecular formula is C12H26O3. The zero-order valence-electron chi connectivity index (χ0n) is 10.4. The van der Waals surface area contributed by atoms with Gasteiger partial charge in [0.2, 0.25) is 0 Å². The molecule has 0 aromatic carbocycles. The van der Waals surface area contributed by atoms with E-state index in [4.69, 9.17) is 9.47 Å². The molecule has 0 aliphatic heterocycles. The first-order valence-electron chi connectivity index (χ1n) is 6.09. The van der Waals surface area contributed by atoms with Crippen molar-refractivity contribution in [3.63, 3.8) is 0 Å². The van der Waals surface area contributed by atoms with Gasteiger partial charge in [0.05, 0.1) is 12.7 Å². The van der Waals surface area contributed by atoms with Crippen molar-refractivity contribution >= 4 is 0 Å². The highest BCUT2D eigenvalue weighted by Gasteiger charge is 2.15. The Morgan fingerprint density at radius 1 is 1.07 bits per heavy atom. The van der Waals surface area contributed by atoms with Gasteiger partial charge in [-0.25, -0.2) is 0 Å². The van der Waals surface area contributed by atoms with E-state index in [9.17, 15) is 5.11 Å². The molecule has 0 bridgehead atoms. The van der Waals surface area contributed by atoms with Crippen molar-refractivity contribution in [3.8, 4) is 0 Å². The highest BCUT2D eigenvalue weighted by molar-refractivity contribution is 4.63. The van der Waals surface area contributed by atoms with E-state index in [-0.39, 0.29) is 6.10 Å². The molecule has 0 heterocycles. The standard InChI is InChI=1S/C12H26O3/c1-4-6-8-14-10-12(11(3)13)15-9-7-5-2/h11-13H,4-10H2,1-3H3. The highest BCUT2D eigenvalue weighted by Crippen LogP contribution is 2.03. The maximum atomic E-state index is 9.46. The zero-order valence-corrected chi connectivity index (χ0v) is 10.4. The number of aliphatic hydroxyl groups is 1. The van der Waals surface area contributed by atoms with Gasteiger partial charge in [-0.2, -0.15) is 0 Å². The third-order valence-electron chi connectivity index (χ3n) is 2.29. The molecule has 0 radical (unpaired) electrons. The summed E-state index contributed by atoms with van der Waals surface area (Å²) in [6, 6.07) is 0. The first-order chi connectivity index (χ1) is 7.22. The fraction of sp³-hybridized carbons (Fsp3) is 1.00. The second-order valence-electron chi connectivity index (χ2n) is 3.93. The summed E-state index contributed by atoms with van der Waals surface area (Å²) < 4.78 is 11.0. The number of unbranched alkanes of at least 4 members (excludes halogenated alkanes) is 2. The minimum Gasteiger partial charge on any atom is -0.391 e. The molecule has 92 valence electrons. The van der Waals surface area contributed by atoms with Crippen LogP contribution in [-0.4, -0.2) is 37.1 Å². The second-order valence-corrected chi connectivity index (χ2v) is 3.93. The van der Waals surface area contributed by atoms with Gasteiger partial charge in [0.1, 0.15) is 6.10 Å². The smallest absolute Gasteiger partial charge is 0.106 e. The number of hydrogen-bond donors (Lipinski definition) is 1. The normalized spacial score (nSPS) is 15.2. The quantitative estimate of drug-likeness (QED) is 0.572. The van der Waals surface area contributed by atoms with Crippen molar-refractivity contribution < 1.29 is 14.6 Å². The van der Waals surface area contributed by atoms with Crippen LogP contribution >= 0.6 is 0 Å². The second kappa shape index (κ2) is 10.4. The van der Waals surface area contributed by atoms with Crippen LogP contribution in [0.3, 0.4) is 0 Å². The molecule has 3 nitrogen and oxygen atoms in total. The Labute approximate surface area is 93.8 Å². The van der Waals surface area contributed by atoms with Crippen molar-refractivity contribution in [1.29, 1.82) is 0 Å². The van der Waals surface area contributed by atoms with Gasteiger partial charge in [0.25, 0.3) is 0 Å². The molecule has 0 fully saturated rings. The van der Waals surface area contributed by atoms with Gasteiger partial charge in [0.15, 0.2) is 0 Å². The average molecular weight is 218 g/mol. The van der Waals surface area contributed by atoms with Gasteiger partial charge in [0, 0.05) is 13.2 Å². The van der Waals surface area contributed by atoms with Gasteiger partial charge in [-0.1, -0.05) is 26.7 Å². The SMILES string of the molecule is CCCCOCC(OCCCC)C(C)O. The summed E-state index contributed by atoms with van der Waals surface area (Å²) in [4.78, 5) is 0. The molecule has 0 spiro atoms. The zero-order chi connectivity index (χ0) is 11.5. The summed E-state index contributed by atoms with van der Waals surface area (Å²) in [7, 11) is 0. The number of rotatable bonds is 10. The summed E-state index contributed by atoms with van der Waals surface area (Å²) in [6.45, 7) is 7.98. The molecule has 0 aliphatic rings. The topological polar surface area (TPSA) is 38.7 Å². The monoisotopic (exact) mass is 218 g/mol. The van der Waals surface area contributed by atoms with Crippen molar-refractivity contribution in [1.82, 2.24) is 0 Å². The Hall–Kier alpha value is -0.120. The van der Waals surface area contributed by atoms with Crippen LogP contribution in [0.5, 0.6) is 0 Å². The summed E-state index contributed by atoms with van der Waals surface area (Å²) in [5.41, 5.74) is 0. The number of aliphatic hydroxyl groups excluding tert-OH is 1. The van der Waals surface area contributed by atoms with Crippen molar-refractivity contribution in [2.45, 2.75) is 58.7 Å². The molecule has 0 aromatic heterocycles. The van der Waals surface area contributed by atoms with Gasteiger partial charge in [-0.3, -0.25) is 0 Å². The lowest BCUT2D eigenvalue weighted by Gasteiger charge is -2.20. The Morgan fingerprint density at radius 3 is 2.20 bits per heavy atom. The van der Waals surface area contributed by atoms with E-state index < -0.39 is 6.10 Å². The van der Waals surface area contributed by atoms with Crippen LogP contribution in [0.2, 0.25) is 0 Å². The molecule has 0 aromatic rings. The van der Waals surface area contributed by atoms with Gasteiger partial charge < -0.3 is 14.6 Å². The first-order valence-corrected chi connectivity index (χ1v) is 6.09. The third kappa shape index (κ3) is 8.85. The van der Waals surface area contributed by atoms with Crippen LogP contribution in [0.15, 0.2) is 0 Å². The summed E-state index contributed by atoms with van der Waals surface area (Å²) >= 11 is 0. The van der Waals surface area contributed by atoms with Crippen LogP contribution in [0.1, 0.15) is 46.5 Å². The fourth-order valence-electron chi connectivity index (χ4n) is 1.15. The van der Waals surface area contributed by atoms with E-state index in [0.29, 0.717) is 13.2 Å². The van der Waals surface area contributed by atoms with Crippen LogP contribution in [0, 0.1) is 0 Å². The maximum Gasteiger partial charge on any atom is 0.106 e. The maximum absolute atomic E-state index is 9.46. The minimum absolute atomic E-state index is 0.173. The highest BCUT2D eigenvalue weighted by atomic mass is 16.5. The van der Waals surface area contributed by atoms with Crippen LogP contribution < -0.4 is 0 Å². The molecule has 2 atom stereocenters. The summed E-state index contributed by atoms with van der Waals surface area (Å²) in [5.74, 6) is 0. The van der Waals surface area contributed by atoms with Crippen molar-refractivity contribution in [3.05, 3.63) is 0 Å². The molecule has 0 rings (SSSR count). The average Bonchev–Trinajstić information content (AvgIpc) is 2.21. The van der Waals surface area contributed by atoms with E-state index in [1.54, 1.807) is 6.92 Å². The molecule has 0 saturated carbocycles. The van der Waals surface area contributed by atoms with Crippen molar-refractivity contribution in [2.75, 3.05) is 19.8 Å². The molecule has 0 saturated heterocycles. The minimum atomic E-state index is -0.455. The molecule has 3 heteroatoms. The molecule has 2 unspecified atom stereocenters. The van der Waals surface area contributed by atoms with Crippen LogP contribution in [0.4, 0.5) is 0 Å². The largest absolute Gasteiger partial charge is 0.391 e. The first kappa shape index (κ1) is 14.9. The summed E-state index contributed by atoms with van der Waals surface area (Å²) in [5, 5.41) is 9.46. The van der Waals surface area contributed by atoms with E-state index in [1.807, 2.05) is 0 Å². The number of ether oxygens (including phenoxy) is 2. The van der Waals surface area contributed by atoms with E-state index in [2.05, 4.69) is 13.8 Å². The Morgan fingerprint density at radius 2 is 1.67 bits per heavy atom. The lowest BCUT2D eigenvalue weighted by Crippen LogP contribution is -2.31. The lowest BCUT2D eigenvalue weighted by molar-refractivity contribution is -0.0741. The van der Waals surface area contributed by atoms with Crippen LogP contribution in [-0.2, 0) is 9.47 Å². The third-order valence-corrected chi connectivity index (χ3v) is 2.29. The molecular weight excluding hydrogens is 192 g/mol. The predicted octanol–water partition coefficient (Wildman–Crippen LogP) is 2.37. The van der Waals surface area contributed by atoms with Gasteiger partial charge in [-0.05, 0) is 19.8 Å².